The van der Waals surface area contributed by atoms with Crippen molar-refractivity contribution in [1.82, 2.24) is 4.90 Å². The Hall–Kier alpha value is -0.700. The number of piperidine rings is 1. The Balaban J connectivity index is 0.00000256. The Morgan fingerprint density at radius 1 is 1.27 bits per heavy atom. The molecule has 4 rings (SSSR count). The number of hydrogen-bond donors (Lipinski definition) is 4. The van der Waals surface area contributed by atoms with E-state index in [0.717, 1.165) is 37.1 Å². The first-order valence-electron chi connectivity index (χ1n) is 10.4. The van der Waals surface area contributed by atoms with E-state index in [2.05, 4.69) is 17.3 Å². The molecule has 8 nitrogen and oxygen atoms in total. The molecule has 170 valence electrons. The first kappa shape index (κ1) is 24.0. The van der Waals surface area contributed by atoms with E-state index >= 15 is 0 Å². The molecule has 5 N–H and O–H groups in total. The minimum absolute atomic E-state index is 0. The third kappa shape index (κ3) is 4.57. The fourth-order valence-electron chi connectivity index (χ4n) is 5.92. The van der Waals surface area contributed by atoms with E-state index in [9.17, 15) is 19.5 Å². The van der Waals surface area contributed by atoms with E-state index < -0.39 is 20.0 Å². The van der Waals surface area contributed by atoms with Gasteiger partial charge in [0.05, 0.1) is 32.9 Å². The highest BCUT2D eigenvalue weighted by Crippen LogP contribution is 2.54. The molecular formula is C20H32ClN2O6P. The molecule has 0 radical (unpaired) electrons. The minimum atomic E-state index is -4.60. The predicted octanol–water partition coefficient (Wildman–Crippen LogP) is -2.73. The molecule has 2 heterocycles. The van der Waals surface area contributed by atoms with Crippen LogP contribution in [0.3, 0.4) is 0 Å². The molecular weight excluding hydrogens is 431 g/mol. The van der Waals surface area contributed by atoms with Gasteiger partial charge in [0.2, 0.25) is 0 Å². The molecule has 1 spiro atoms. The molecule has 0 unspecified atom stereocenters. The highest BCUT2D eigenvalue weighted by atomic mass is 35.5. The third-order valence-corrected chi connectivity index (χ3v) is 7.80. The van der Waals surface area contributed by atoms with E-state index in [1.54, 1.807) is 7.11 Å². The summed E-state index contributed by atoms with van der Waals surface area (Å²) in [5, 5.41) is 13.6. The average Bonchev–Trinajstić information content (AvgIpc) is 3.05. The number of nitrogens with two attached hydrogens (primary N) is 1. The highest BCUT2D eigenvalue weighted by Gasteiger charge is 2.60. The zero-order valence-electron chi connectivity index (χ0n) is 17.4. The Bertz CT molecular complexity index is 777. The third-order valence-electron chi connectivity index (χ3n) is 7.25. The fourth-order valence-corrected chi connectivity index (χ4v) is 6.54. The van der Waals surface area contributed by atoms with Gasteiger partial charge in [0, 0.05) is 23.9 Å². The van der Waals surface area contributed by atoms with Crippen LogP contribution in [0.15, 0.2) is 24.3 Å². The average molecular weight is 463 g/mol. The van der Waals surface area contributed by atoms with Gasteiger partial charge in [-0.25, -0.2) is 4.57 Å². The number of ether oxygens (including phenoxy) is 1. The lowest BCUT2D eigenvalue weighted by Gasteiger charge is -2.57. The lowest BCUT2D eigenvalue weighted by Crippen LogP contribution is -3.00. The maximum atomic E-state index is 11.5. The topological polar surface area (TPSA) is 116 Å². The van der Waals surface area contributed by atoms with Crippen LogP contribution in [-0.2, 0) is 15.5 Å². The molecule has 10 heteroatoms. The van der Waals surface area contributed by atoms with E-state index in [1.807, 2.05) is 24.3 Å². The Morgan fingerprint density at radius 3 is 2.57 bits per heavy atom. The largest absolute Gasteiger partial charge is 1.00 e. The van der Waals surface area contributed by atoms with Crippen molar-refractivity contribution in [2.45, 2.75) is 61.9 Å². The van der Waals surface area contributed by atoms with Gasteiger partial charge in [-0.15, -0.1) is 0 Å². The van der Waals surface area contributed by atoms with Gasteiger partial charge in [0.15, 0.2) is 0 Å². The molecule has 1 aromatic rings. The van der Waals surface area contributed by atoms with Crippen LogP contribution in [0.25, 0.3) is 0 Å². The van der Waals surface area contributed by atoms with Crippen LogP contribution in [0.5, 0.6) is 5.75 Å². The van der Waals surface area contributed by atoms with Gasteiger partial charge in [0.1, 0.15) is 11.8 Å². The van der Waals surface area contributed by atoms with Crippen molar-refractivity contribution in [3.8, 4) is 5.75 Å². The van der Waals surface area contributed by atoms with Gasteiger partial charge < -0.3 is 37.4 Å². The molecule has 30 heavy (non-hydrogen) atoms. The number of likely N-dealkylation sites (N-methyl/N-ethyl adjacent to an activating group) is 1. The highest BCUT2D eigenvalue weighted by molar-refractivity contribution is 7.46. The van der Waals surface area contributed by atoms with Gasteiger partial charge in [-0.1, -0.05) is 12.1 Å². The molecule has 2 saturated heterocycles. The molecule has 2 bridgehead atoms. The van der Waals surface area contributed by atoms with E-state index in [0.29, 0.717) is 18.9 Å². The molecule has 0 aromatic heterocycles. The second-order valence-corrected chi connectivity index (χ2v) is 10.0. The van der Waals surface area contributed by atoms with Crippen LogP contribution >= 0.6 is 7.82 Å². The molecule has 2 aliphatic heterocycles. The first-order valence-corrected chi connectivity index (χ1v) is 11.9. The summed E-state index contributed by atoms with van der Waals surface area (Å²) in [5.41, 5.74) is 1.09. The van der Waals surface area contributed by atoms with Crippen molar-refractivity contribution >= 4 is 7.82 Å². The standard InChI is InChI=1S/C20H31N2O6P.ClH/c1-21-14-10-20-8-7-18(28-29(24,25)26)16(11-20)19(23)17(22(20)12-14)9-13-3-5-15(27-2)6-4-13;/h3-6,14,16-19,21,23H,7-12H2,1-2H3,(H2,24,25,26);1H/t14-,16-,17-,18-,19-,20+;/m0./s1. The molecule has 3 aliphatic rings. The second-order valence-electron chi connectivity index (χ2n) is 8.83. The number of phosphoric ester groups is 1. The molecule has 3 fully saturated rings. The summed E-state index contributed by atoms with van der Waals surface area (Å²) in [4.78, 5) is 21.2. The molecule has 1 aromatic carbocycles. The number of nitrogens with zero attached hydrogens (tertiary/aromatic N) is 1. The van der Waals surface area contributed by atoms with Gasteiger partial charge in [-0.3, -0.25) is 9.42 Å². The van der Waals surface area contributed by atoms with Crippen LogP contribution < -0.4 is 22.5 Å². The van der Waals surface area contributed by atoms with Crippen molar-refractivity contribution in [3.05, 3.63) is 29.8 Å². The van der Waals surface area contributed by atoms with E-state index in [-0.39, 0.29) is 29.9 Å². The Morgan fingerprint density at radius 2 is 1.97 bits per heavy atom. The number of halogens is 1. The van der Waals surface area contributed by atoms with Crippen molar-refractivity contribution < 1.29 is 46.4 Å². The minimum Gasteiger partial charge on any atom is -1.00 e. The number of methoxy groups -OCH3 is 1. The fraction of sp³-hybridized carbons (Fsp3) is 0.700. The van der Waals surface area contributed by atoms with Crippen molar-refractivity contribution in [3.63, 3.8) is 0 Å². The van der Waals surface area contributed by atoms with E-state index in [4.69, 9.17) is 9.26 Å². The number of fused-ring (bicyclic) bond motifs is 1. The predicted molar refractivity (Wildman–Crippen MR) is 106 cm³/mol. The van der Waals surface area contributed by atoms with Crippen molar-refractivity contribution in [2.24, 2.45) is 5.92 Å². The quantitative estimate of drug-likeness (QED) is 0.339. The zero-order valence-corrected chi connectivity index (χ0v) is 19.0. The van der Waals surface area contributed by atoms with E-state index in [1.165, 1.54) is 0 Å². The van der Waals surface area contributed by atoms with Crippen LogP contribution in [-0.4, -0.2) is 70.3 Å². The van der Waals surface area contributed by atoms with Gasteiger partial charge in [-0.05, 0) is 43.4 Å². The Kier molecular flexibility index (Phi) is 7.22. The number of phosphoric acid groups is 1. The lowest BCUT2D eigenvalue weighted by atomic mass is 9.65. The summed E-state index contributed by atoms with van der Waals surface area (Å²) in [7, 11) is -0.867. The number of benzene rings is 1. The maximum absolute atomic E-state index is 11.5. The van der Waals surface area contributed by atoms with Crippen molar-refractivity contribution in [1.29, 1.82) is 0 Å². The summed E-state index contributed by atoms with van der Waals surface area (Å²) >= 11 is 0. The van der Waals surface area contributed by atoms with Crippen LogP contribution in [0.2, 0.25) is 0 Å². The van der Waals surface area contributed by atoms with Gasteiger partial charge in [0.25, 0.3) is 0 Å². The number of aliphatic hydroxyl groups is 1. The van der Waals surface area contributed by atoms with Crippen LogP contribution in [0.4, 0.5) is 0 Å². The molecule has 1 saturated carbocycles. The number of hydrogen-bond acceptors (Lipinski definition) is 5. The number of aliphatic hydroxyl groups excluding tert-OH is 1. The monoisotopic (exact) mass is 462 g/mol. The van der Waals surface area contributed by atoms with Crippen LogP contribution in [0.1, 0.15) is 31.2 Å². The lowest BCUT2D eigenvalue weighted by molar-refractivity contribution is -0.660. The number of quaternary nitrogens is 1. The summed E-state index contributed by atoms with van der Waals surface area (Å²) in [6.07, 6.45) is 2.54. The summed E-state index contributed by atoms with van der Waals surface area (Å²) in [6, 6.07) is 8.26. The van der Waals surface area contributed by atoms with Crippen LogP contribution in [0, 0.1) is 5.92 Å². The smallest absolute Gasteiger partial charge is 0.469 e. The van der Waals surface area contributed by atoms with Crippen molar-refractivity contribution in [2.75, 3.05) is 20.7 Å². The number of rotatable bonds is 6. The molecule has 6 atom stereocenters. The molecule has 1 aliphatic carbocycles. The molecule has 0 amide bonds. The normalized spacial score (nSPS) is 36.1. The first-order chi connectivity index (χ1) is 13.7. The maximum Gasteiger partial charge on any atom is 0.469 e. The Labute approximate surface area is 183 Å². The summed E-state index contributed by atoms with van der Waals surface area (Å²) < 4.78 is 21.9. The summed E-state index contributed by atoms with van der Waals surface area (Å²) in [5.74, 6) is 0.523. The van der Waals surface area contributed by atoms with Gasteiger partial charge in [-0.2, -0.15) is 0 Å². The SMILES string of the molecule is C[NH2+][C@@H]1CN2[C@@H](Cc3ccc(OC)cc3)[C@@H](O)[C@H]3C[C@@]2(CC[C@@H]3OP(=O)(O)O)C1.[Cl-]. The summed E-state index contributed by atoms with van der Waals surface area (Å²) in [6.45, 7) is 0.922. The zero-order chi connectivity index (χ0) is 20.8. The van der Waals surface area contributed by atoms with Gasteiger partial charge >= 0.3 is 7.82 Å². The second kappa shape index (κ2) is 9.04.